The SMILES string of the molecule is CN1CCCC1COP. The zero-order valence-electron chi connectivity index (χ0n) is 5.84. The van der Waals surface area contributed by atoms with E-state index in [0.29, 0.717) is 6.04 Å². The highest BCUT2D eigenvalue weighted by atomic mass is 31.0. The van der Waals surface area contributed by atoms with Crippen LogP contribution < -0.4 is 0 Å². The van der Waals surface area contributed by atoms with Gasteiger partial charge in [-0.15, -0.1) is 0 Å². The summed E-state index contributed by atoms with van der Waals surface area (Å²) in [7, 11) is 4.45. The Labute approximate surface area is 58.8 Å². The predicted molar refractivity (Wildman–Crippen MR) is 41.3 cm³/mol. The molecule has 0 aliphatic carbocycles. The molecule has 0 amide bonds. The first-order chi connectivity index (χ1) is 4.34. The molecule has 0 saturated carbocycles. The Kier molecular flexibility index (Phi) is 2.90. The highest BCUT2D eigenvalue weighted by Crippen LogP contribution is 2.15. The lowest BCUT2D eigenvalue weighted by Crippen LogP contribution is -2.28. The normalized spacial score (nSPS) is 29.3. The summed E-state index contributed by atoms with van der Waals surface area (Å²) in [6.45, 7) is 2.10. The Bertz CT molecular complexity index is 89.1. The molecule has 0 spiro atoms. The molecule has 1 heterocycles. The molecule has 2 unspecified atom stereocenters. The molecule has 0 aromatic carbocycles. The topological polar surface area (TPSA) is 12.5 Å². The Morgan fingerprint density at radius 2 is 2.56 bits per heavy atom. The monoisotopic (exact) mass is 147 g/mol. The molecule has 54 valence electrons. The van der Waals surface area contributed by atoms with Crippen LogP contribution in [-0.2, 0) is 4.52 Å². The van der Waals surface area contributed by atoms with Gasteiger partial charge in [-0.1, -0.05) is 0 Å². The average Bonchev–Trinajstić information content (AvgIpc) is 2.18. The molecule has 9 heavy (non-hydrogen) atoms. The minimum absolute atomic E-state index is 0.669. The maximum Gasteiger partial charge on any atom is 0.0657 e. The van der Waals surface area contributed by atoms with Gasteiger partial charge in [-0.2, -0.15) is 0 Å². The Hall–Kier alpha value is 0.350. The quantitative estimate of drug-likeness (QED) is 0.538. The van der Waals surface area contributed by atoms with E-state index < -0.39 is 0 Å². The minimum atomic E-state index is 0.669. The summed E-state index contributed by atoms with van der Waals surface area (Å²) in [6, 6.07) is 0.669. The third-order valence-electron chi connectivity index (χ3n) is 1.96. The lowest BCUT2D eigenvalue weighted by Gasteiger charge is -2.17. The van der Waals surface area contributed by atoms with E-state index in [1.54, 1.807) is 0 Å². The number of hydrogen-bond acceptors (Lipinski definition) is 2. The fourth-order valence-corrected chi connectivity index (χ4v) is 1.52. The largest absolute Gasteiger partial charge is 0.364 e. The van der Waals surface area contributed by atoms with Crippen LogP contribution in [0.1, 0.15) is 12.8 Å². The molecule has 1 aliphatic heterocycles. The maximum atomic E-state index is 4.97. The molecule has 1 saturated heterocycles. The molecule has 1 rings (SSSR count). The lowest BCUT2D eigenvalue weighted by molar-refractivity contribution is 0.218. The van der Waals surface area contributed by atoms with Crippen molar-refractivity contribution in [2.75, 3.05) is 20.2 Å². The molecular weight excluding hydrogens is 133 g/mol. The van der Waals surface area contributed by atoms with Crippen LogP contribution in [0, 0.1) is 0 Å². The van der Waals surface area contributed by atoms with Crippen molar-refractivity contribution in [3.05, 3.63) is 0 Å². The molecule has 3 heteroatoms. The Morgan fingerprint density at radius 3 is 3.00 bits per heavy atom. The number of likely N-dealkylation sites (tertiary alicyclic amines) is 1. The van der Waals surface area contributed by atoms with Crippen LogP contribution in [0.3, 0.4) is 0 Å². The van der Waals surface area contributed by atoms with Crippen molar-refractivity contribution in [1.29, 1.82) is 0 Å². The molecule has 1 aliphatic rings. The standard InChI is InChI=1S/C6H14NOP/c1-7-4-2-3-6(7)5-8-9/h6H,2-5,9H2,1H3. The van der Waals surface area contributed by atoms with Gasteiger partial charge in [0.1, 0.15) is 0 Å². The molecule has 0 aromatic rings. The first kappa shape index (κ1) is 7.46. The Morgan fingerprint density at radius 1 is 1.78 bits per heavy atom. The van der Waals surface area contributed by atoms with Gasteiger partial charge in [-0.3, -0.25) is 0 Å². The summed E-state index contributed by atoms with van der Waals surface area (Å²) in [5.74, 6) is 0. The molecule has 0 aromatic heterocycles. The van der Waals surface area contributed by atoms with E-state index in [4.69, 9.17) is 4.52 Å². The van der Waals surface area contributed by atoms with Crippen LogP contribution in [0.5, 0.6) is 0 Å². The second-order valence-electron chi connectivity index (χ2n) is 2.61. The summed E-state index contributed by atoms with van der Waals surface area (Å²) in [6.07, 6.45) is 2.63. The van der Waals surface area contributed by atoms with Gasteiger partial charge in [-0.05, 0) is 26.4 Å². The van der Waals surface area contributed by atoms with Gasteiger partial charge >= 0.3 is 0 Å². The van der Waals surface area contributed by atoms with Gasteiger partial charge in [0.2, 0.25) is 0 Å². The van der Waals surface area contributed by atoms with Crippen molar-refractivity contribution < 1.29 is 4.52 Å². The van der Waals surface area contributed by atoms with Crippen molar-refractivity contribution in [2.24, 2.45) is 0 Å². The van der Waals surface area contributed by atoms with E-state index in [0.717, 1.165) is 6.61 Å². The number of nitrogens with zero attached hydrogens (tertiary/aromatic N) is 1. The van der Waals surface area contributed by atoms with E-state index in [-0.39, 0.29) is 0 Å². The molecule has 0 N–H and O–H groups in total. The van der Waals surface area contributed by atoms with Crippen LogP contribution in [0.15, 0.2) is 0 Å². The van der Waals surface area contributed by atoms with Crippen molar-refractivity contribution in [3.8, 4) is 0 Å². The third kappa shape index (κ3) is 1.89. The summed E-state index contributed by atoms with van der Waals surface area (Å²) < 4.78 is 4.97. The van der Waals surface area contributed by atoms with E-state index in [2.05, 4.69) is 21.4 Å². The van der Waals surface area contributed by atoms with Crippen LogP contribution in [-0.4, -0.2) is 31.1 Å². The predicted octanol–water partition coefficient (Wildman–Crippen LogP) is 0.887. The smallest absolute Gasteiger partial charge is 0.0657 e. The summed E-state index contributed by atoms with van der Waals surface area (Å²) in [5, 5.41) is 0. The van der Waals surface area contributed by atoms with Crippen LogP contribution in [0.25, 0.3) is 0 Å². The number of rotatable bonds is 2. The summed E-state index contributed by atoms with van der Waals surface area (Å²) in [5.41, 5.74) is 0. The van der Waals surface area contributed by atoms with Crippen molar-refractivity contribution in [3.63, 3.8) is 0 Å². The number of likely N-dealkylation sites (N-methyl/N-ethyl adjacent to an activating group) is 1. The van der Waals surface area contributed by atoms with Crippen molar-refractivity contribution >= 4 is 9.47 Å². The van der Waals surface area contributed by atoms with Gasteiger partial charge in [0, 0.05) is 15.5 Å². The molecule has 2 atom stereocenters. The maximum absolute atomic E-state index is 4.97. The zero-order chi connectivity index (χ0) is 6.69. The average molecular weight is 147 g/mol. The lowest BCUT2D eigenvalue weighted by atomic mass is 10.2. The van der Waals surface area contributed by atoms with E-state index in [1.165, 1.54) is 19.4 Å². The zero-order valence-corrected chi connectivity index (χ0v) is 6.99. The molecular formula is C6H14NOP. The summed E-state index contributed by atoms with van der Waals surface area (Å²) >= 11 is 0. The van der Waals surface area contributed by atoms with Crippen molar-refractivity contribution in [1.82, 2.24) is 4.90 Å². The van der Waals surface area contributed by atoms with Gasteiger partial charge in [0.25, 0.3) is 0 Å². The molecule has 0 bridgehead atoms. The highest BCUT2D eigenvalue weighted by molar-refractivity contribution is 7.09. The van der Waals surface area contributed by atoms with Gasteiger partial charge < -0.3 is 9.42 Å². The van der Waals surface area contributed by atoms with Crippen LogP contribution in [0.4, 0.5) is 0 Å². The highest BCUT2D eigenvalue weighted by Gasteiger charge is 2.19. The summed E-state index contributed by atoms with van der Waals surface area (Å²) in [4.78, 5) is 2.35. The van der Waals surface area contributed by atoms with Crippen molar-refractivity contribution in [2.45, 2.75) is 18.9 Å². The molecule has 1 fully saturated rings. The fraction of sp³-hybridized carbons (Fsp3) is 1.00. The second-order valence-corrected chi connectivity index (χ2v) is 2.94. The van der Waals surface area contributed by atoms with E-state index in [9.17, 15) is 0 Å². The second kappa shape index (κ2) is 3.50. The van der Waals surface area contributed by atoms with Gasteiger partial charge in [0.15, 0.2) is 0 Å². The number of hydrogen-bond donors (Lipinski definition) is 0. The van der Waals surface area contributed by atoms with Gasteiger partial charge in [0.05, 0.1) is 6.61 Å². The first-order valence-electron chi connectivity index (χ1n) is 3.36. The van der Waals surface area contributed by atoms with Crippen LogP contribution >= 0.6 is 9.47 Å². The first-order valence-corrected chi connectivity index (χ1v) is 3.83. The minimum Gasteiger partial charge on any atom is -0.364 e. The molecule has 0 radical (unpaired) electrons. The van der Waals surface area contributed by atoms with E-state index >= 15 is 0 Å². The third-order valence-corrected chi connectivity index (χ3v) is 2.15. The van der Waals surface area contributed by atoms with Crippen LogP contribution in [0.2, 0.25) is 0 Å². The Balaban J connectivity index is 2.22. The fourth-order valence-electron chi connectivity index (χ4n) is 1.30. The molecule has 2 nitrogen and oxygen atoms in total. The van der Waals surface area contributed by atoms with E-state index in [1.807, 2.05) is 0 Å². The van der Waals surface area contributed by atoms with Gasteiger partial charge in [-0.25, -0.2) is 0 Å².